The molecule has 1 aliphatic carbocycles. The van der Waals surface area contributed by atoms with Gasteiger partial charge in [0.05, 0.1) is 11.4 Å². The minimum Gasteiger partial charge on any atom is -0.341 e. The molecule has 7 rings (SSSR count). The highest BCUT2D eigenvalue weighted by Crippen LogP contribution is 2.37. The van der Waals surface area contributed by atoms with Crippen molar-refractivity contribution in [1.29, 1.82) is 0 Å². The summed E-state index contributed by atoms with van der Waals surface area (Å²) >= 11 is 0. The zero-order chi connectivity index (χ0) is 31.7. The standard InChI is InChI=1S/C36H40FN5O3/c1-22(2)27-11-7-12-29-32(28-10-4-5-13-30(28)37)39-34(40-36(45)38-26-9-6-8-23(3)18-26)35(44)42(33(27)29)21-31(43)41-19-24-14-15-25(20-41)17-16-24/h4-13,18,22,24-25,34H,14-17,19-21H2,1-3H3,(H2,38,40,45)/t24?,25?,34-/m0/s1. The van der Waals surface area contributed by atoms with Crippen LogP contribution in [0.5, 0.6) is 0 Å². The summed E-state index contributed by atoms with van der Waals surface area (Å²) < 4.78 is 15.4. The molecule has 2 N–H and O–H groups in total. The Kier molecular flexibility index (Phi) is 8.70. The quantitative estimate of drug-likeness (QED) is 0.347. The molecule has 3 aromatic rings. The minimum atomic E-state index is -1.41. The third-order valence-corrected chi connectivity index (χ3v) is 9.21. The summed E-state index contributed by atoms with van der Waals surface area (Å²) in [5, 5.41) is 5.50. The van der Waals surface area contributed by atoms with Crippen LogP contribution in [0.15, 0.2) is 71.7 Å². The number of hydrogen-bond acceptors (Lipinski definition) is 4. The van der Waals surface area contributed by atoms with Crippen LogP contribution in [-0.4, -0.2) is 54.3 Å². The molecule has 1 saturated carbocycles. The molecule has 1 atom stereocenters. The van der Waals surface area contributed by atoms with Gasteiger partial charge in [0.1, 0.15) is 12.4 Å². The van der Waals surface area contributed by atoms with Gasteiger partial charge < -0.3 is 15.5 Å². The van der Waals surface area contributed by atoms with E-state index in [1.807, 2.05) is 56.0 Å². The molecule has 3 fully saturated rings. The third-order valence-electron chi connectivity index (χ3n) is 9.21. The molecule has 3 heterocycles. The number of carbonyl (C=O) groups excluding carboxylic acids is 3. The van der Waals surface area contributed by atoms with Gasteiger partial charge in [-0.25, -0.2) is 14.2 Å². The van der Waals surface area contributed by atoms with E-state index >= 15 is 4.39 Å². The van der Waals surface area contributed by atoms with Gasteiger partial charge in [0.15, 0.2) is 0 Å². The number of amides is 4. The SMILES string of the molecule is Cc1cccc(NC(=O)N[C@@H]2N=C(c3ccccc3F)c3cccc(C(C)C)c3N(CC(=O)N3CC4CCC(CC4)C3)C2=O)c1. The van der Waals surface area contributed by atoms with Gasteiger partial charge in [0, 0.05) is 29.9 Å². The molecule has 3 aliphatic heterocycles. The van der Waals surface area contributed by atoms with Crippen LogP contribution in [0.3, 0.4) is 0 Å². The number of urea groups is 1. The van der Waals surface area contributed by atoms with E-state index < -0.39 is 23.9 Å². The highest BCUT2D eigenvalue weighted by molar-refractivity contribution is 6.21. The lowest BCUT2D eigenvalue weighted by atomic mass is 9.84. The number of aryl methyl sites for hydroxylation is 1. The molecule has 9 heteroatoms. The van der Waals surface area contributed by atoms with E-state index in [0.29, 0.717) is 41.9 Å². The van der Waals surface area contributed by atoms with Crippen molar-refractivity contribution in [3.8, 4) is 0 Å². The number of aliphatic imine (C=N–C) groups is 1. The van der Waals surface area contributed by atoms with Crippen LogP contribution >= 0.6 is 0 Å². The van der Waals surface area contributed by atoms with Crippen LogP contribution in [0.1, 0.15) is 67.7 Å². The van der Waals surface area contributed by atoms with Crippen LogP contribution in [0.2, 0.25) is 0 Å². The second-order valence-corrected chi connectivity index (χ2v) is 12.8. The molecule has 0 unspecified atom stereocenters. The van der Waals surface area contributed by atoms with Crippen molar-refractivity contribution in [2.45, 2.75) is 58.5 Å². The van der Waals surface area contributed by atoms with Crippen molar-refractivity contribution < 1.29 is 18.8 Å². The Bertz CT molecular complexity index is 1630. The molecule has 4 aliphatic rings. The molecule has 2 saturated heterocycles. The van der Waals surface area contributed by atoms with Gasteiger partial charge in [-0.2, -0.15) is 0 Å². The van der Waals surface area contributed by atoms with E-state index in [1.165, 1.54) is 11.0 Å². The molecule has 0 radical (unpaired) electrons. The Labute approximate surface area is 263 Å². The number of carbonyl (C=O) groups is 3. The molecule has 234 valence electrons. The normalized spacial score (nSPS) is 21.1. The molecule has 45 heavy (non-hydrogen) atoms. The van der Waals surface area contributed by atoms with E-state index in [1.54, 1.807) is 30.3 Å². The van der Waals surface area contributed by atoms with Gasteiger partial charge in [-0.05, 0) is 85.8 Å². The molecule has 2 bridgehead atoms. The van der Waals surface area contributed by atoms with Crippen LogP contribution in [0, 0.1) is 24.6 Å². The smallest absolute Gasteiger partial charge is 0.321 e. The number of benzene rings is 3. The predicted molar refractivity (Wildman–Crippen MR) is 174 cm³/mol. The van der Waals surface area contributed by atoms with Gasteiger partial charge in [-0.3, -0.25) is 14.5 Å². The molecule has 3 aromatic carbocycles. The predicted octanol–water partition coefficient (Wildman–Crippen LogP) is 6.24. The van der Waals surface area contributed by atoms with Crippen molar-refractivity contribution in [1.82, 2.24) is 10.2 Å². The van der Waals surface area contributed by atoms with Crippen LogP contribution in [0.4, 0.5) is 20.6 Å². The summed E-state index contributed by atoms with van der Waals surface area (Å²) in [6, 6.07) is 18.5. The summed E-state index contributed by atoms with van der Waals surface area (Å²) in [7, 11) is 0. The first-order chi connectivity index (χ1) is 21.7. The maximum Gasteiger partial charge on any atom is 0.321 e. The highest BCUT2D eigenvalue weighted by Gasteiger charge is 2.38. The summed E-state index contributed by atoms with van der Waals surface area (Å²) in [5.41, 5.74) is 3.85. The summed E-state index contributed by atoms with van der Waals surface area (Å²) in [5.74, 6) is -0.263. The molecule has 8 nitrogen and oxygen atoms in total. The fraction of sp³-hybridized carbons (Fsp3) is 0.389. The largest absolute Gasteiger partial charge is 0.341 e. The number of nitrogens with one attached hydrogen (secondary N) is 2. The minimum absolute atomic E-state index is 0.0182. The van der Waals surface area contributed by atoms with Crippen LogP contribution in [0.25, 0.3) is 0 Å². The van der Waals surface area contributed by atoms with Gasteiger partial charge in [-0.15, -0.1) is 0 Å². The Balaban J connectivity index is 1.42. The second-order valence-electron chi connectivity index (χ2n) is 12.8. The van der Waals surface area contributed by atoms with E-state index in [2.05, 4.69) is 10.6 Å². The lowest BCUT2D eigenvalue weighted by molar-refractivity contribution is -0.132. The Morgan fingerprint density at radius 1 is 0.933 bits per heavy atom. The van der Waals surface area contributed by atoms with Crippen molar-refractivity contribution in [2.24, 2.45) is 16.8 Å². The van der Waals surface area contributed by atoms with E-state index in [-0.39, 0.29) is 29.6 Å². The van der Waals surface area contributed by atoms with Crippen molar-refractivity contribution in [2.75, 3.05) is 29.9 Å². The van der Waals surface area contributed by atoms with Gasteiger partial charge in [0.2, 0.25) is 12.1 Å². The molecular formula is C36H40FN5O3. The zero-order valence-corrected chi connectivity index (χ0v) is 26.1. The average molecular weight is 610 g/mol. The monoisotopic (exact) mass is 609 g/mol. The lowest BCUT2D eigenvalue weighted by Crippen LogP contribution is -2.52. The molecular weight excluding hydrogens is 569 g/mol. The van der Waals surface area contributed by atoms with E-state index in [9.17, 15) is 14.4 Å². The third kappa shape index (κ3) is 6.48. The number of benzodiazepines with no additional fused rings is 1. The fourth-order valence-corrected chi connectivity index (χ4v) is 6.90. The second kappa shape index (κ2) is 12.8. The number of fused-ring (bicyclic) bond motifs is 5. The average Bonchev–Trinajstić information content (AvgIpc) is 3.40. The summed E-state index contributed by atoms with van der Waals surface area (Å²) in [6.45, 7) is 7.12. The highest BCUT2D eigenvalue weighted by atomic mass is 19.1. The Hall–Kier alpha value is -4.53. The first-order valence-corrected chi connectivity index (χ1v) is 15.9. The Morgan fingerprint density at radius 3 is 2.27 bits per heavy atom. The number of halogens is 1. The maximum atomic E-state index is 15.4. The number of para-hydroxylation sites is 1. The van der Waals surface area contributed by atoms with Gasteiger partial charge in [-0.1, -0.05) is 56.3 Å². The first-order valence-electron chi connectivity index (χ1n) is 15.9. The van der Waals surface area contributed by atoms with Crippen molar-refractivity contribution in [3.63, 3.8) is 0 Å². The topological polar surface area (TPSA) is 94.1 Å². The summed E-state index contributed by atoms with van der Waals surface area (Å²) in [4.78, 5) is 50.0. The first kappa shape index (κ1) is 30.5. The zero-order valence-electron chi connectivity index (χ0n) is 26.1. The van der Waals surface area contributed by atoms with Crippen LogP contribution < -0.4 is 15.5 Å². The fourth-order valence-electron chi connectivity index (χ4n) is 6.90. The number of rotatable bonds is 6. The molecule has 4 amide bonds. The van der Waals surface area contributed by atoms with Crippen LogP contribution in [-0.2, 0) is 9.59 Å². The Morgan fingerprint density at radius 2 is 1.60 bits per heavy atom. The number of nitrogens with zero attached hydrogens (tertiary/aromatic N) is 3. The van der Waals surface area contributed by atoms with Crippen molar-refractivity contribution >= 4 is 34.9 Å². The van der Waals surface area contributed by atoms with E-state index in [4.69, 9.17) is 4.99 Å². The molecule has 0 spiro atoms. The number of anilines is 2. The van der Waals surface area contributed by atoms with Gasteiger partial charge >= 0.3 is 6.03 Å². The molecule has 0 aromatic heterocycles. The van der Waals surface area contributed by atoms with E-state index in [0.717, 1.165) is 36.8 Å². The number of hydrogen-bond donors (Lipinski definition) is 2. The maximum absolute atomic E-state index is 15.4. The lowest BCUT2D eigenvalue weighted by Gasteiger charge is -2.31. The van der Waals surface area contributed by atoms with Gasteiger partial charge in [0.25, 0.3) is 5.91 Å². The van der Waals surface area contributed by atoms with Crippen molar-refractivity contribution in [3.05, 3.63) is 94.8 Å². The summed E-state index contributed by atoms with van der Waals surface area (Å²) in [6.07, 6.45) is 3.09.